The molecule has 9 nitrogen and oxygen atoms in total. The van der Waals surface area contributed by atoms with Gasteiger partial charge in [-0.05, 0) is 77.2 Å². The van der Waals surface area contributed by atoms with Gasteiger partial charge < -0.3 is 25.2 Å². The predicted molar refractivity (Wildman–Crippen MR) is 175 cm³/mol. The van der Waals surface area contributed by atoms with Crippen LogP contribution in [0.1, 0.15) is 30.7 Å². The number of hydrogen-bond donors (Lipinski definition) is 2. The van der Waals surface area contributed by atoms with E-state index >= 15 is 0 Å². The Bertz CT molecular complexity index is 1610. The Labute approximate surface area is 257 Å². The van der Waals surface area contributed by atoms with E-state index in [2.05, 4.69) is 22.2 Å². The maximum atomic E-state index is 13.6. The van der Waals surface area contributed by atoms with E-state index in [0.717, 1.165) is 28.5 Å². The summed E-state index contributed by atoms with van der Waals surface area (Å²) in [4.78, 5) is 33.7. The molecule has 0 saturated heterocycles. The fourth-order valence-electron chi connectivity index (χ4n) is 4.47. The van der Waals surface area contributed by atoms with Crippen molar-refractivity contribution in [2.45, 2.75) is 34.3 Å². The third kappa shape index (κ3) is 8.63. The lowest BCUT2D eigenvalue weighted by molar-refractivity contribution is -0.111. The van der Waals surface area contributed by atoms with Gasteiger partial charge in [-0.2, -0.15) is 8.78 Å². The van der Waals surface area contributed by atoms with Crippen molar-refractivity contribution < 1.29 is 18.3 Å². The molecule has 234 valence electrons. The Kier molecular flexibility index (Phi) is 11.6. The molecule has 0 unspecified atom stereocenters. The number of anilines is 3. The standard InChI is InChI=1S/C33H40F2N6O3/c1-9-30(42)37-26-18-27(29(44-33(34)35)19-28(26)40(8)16-15-39(6)7)38-32(21(2)3)36-20-25-22(4)17-31(43)41(23(25)5)24-13-11-10-12-14-24/h9-14,17-20,33,38H,1,15-16H2,2-8H3,(H,37,42)/b36-20-. The minimum Gasteiger partial charge on any atom is -0.433 e. The number of aliphatic imine (C=N–C) groups is 1. The Morgan fingerprint density at radius 1 is 1.05 bits per heavy atom. The topological polar surface area (TPSA) is 91.2 Å². The summed E-state index contributed by atoms with van der Waals surface area (Å²) in [6.45, 7) is 8.98. The zero-order valence-electron chi connectivity index (χ0n) is 26.2. The van der Waals surface area contributed by atoms with Crippen LogP contribution in [0.25, 0.3) is 5.69 Å². The molecule has 44 heavy (non-hydrogen) atoms. The number of likely N-dealkylation sites (N-methyl/N-ethyl adjacent to an activating group) is 2. The summed E-state index contributed by atoms with van der Waals surface area (Å²) in [5, 5.41) is 5.89. The number of para-hydroxylation sites is 1. The van der Waals surface area contributed by atoms with Crippen LogP contribution in [0.15, 0.2) is 82.4 Å². The molecule has 1 aromatic heterocycles. The average Bonchev–Trinajstić information content (AvgIpc) is 2.96. The zero-order valence-corrected chi connectivity index (χ0v) is 26.2. The smallest absolute Gasteiger partial charge is 0.387 e. The number of carbonyl (C=O) groups excluding carboxylic acids is 1. The molecular weight excluding hydrogens is 566 g/mol. The summed E-state index contributed by atoms with van der Waals surface area (Å²) < 4.78 is 33.7. The van der Waals surface area contributed by atoms with Crippen molar-refractivity contribution in [1.82, 2.24) is 9.47 Å². The molecule has 0 fully saturated rings. The molecule has 0 aliphatic carbocycles. The highest BCUT2D eigenvalue weighted by Crippen LogP contribution is 2.38. The fourth-order valence-corrected chi connectivity index (χ4v) is 4.47. The van der Waals surface area contributed by atoms with Crippen LogP contribution in [0, 0.1) is 13.8 Å². The molecule has 0 radical (unpaired) electrons. The molecule has 0 atom stereocenters. The molecule has 2 N–H and O–H groups in total. The second kappa shape index (κ2) is 15.1. The number of allylic oxidation sites excluding steroid dienone is 1. The van der Waals surface area contributed by atoms with Crippen molar-refractivity contribution in [3.05, 3.63) is 99.8 Å². The van der Waals surface area contributed by atoms with Gasteiger partial charge in [0.25, 0.3) is 5.56 Å². The molecule has 1 amide bonds. The first-order chi connectivity index (χ1) is 20.8. The summed E-state index contributed by atoms with van der Waals surface area (Å²) in [5.41, 5.74) is 4.50. The number of alkyl halides is 2. The Hall–Kier alpha value is -4.77. The maximum Gasteiger partial charge on any atom is 0.387 e. The number of pyridine rings is 1. The van der Waals surface area contributed by atoms with Crippen molar-refractivity contribution in [2.75, 3.05) is 49.8 Å². The molecule has 0 spiro atoms. The second-order valence-electron chi connectivity index (χ2n) is 10.7. The van der Waals surface area contributed by atoms with Gasteiger partial charge in [-0.25, -0.2) is 4.99 Å². The lowest BCUT2D eigenvalue weighted by Gasteiger charge is -2.26. The van der Waals surface area contributed by atoms with E-state index < -0.39 is 12.5 Å². The van der Waals surface area contributed by atoms with Crippen molar-refractivity contribution in [1.29, 1.82) is 0 Å². The number of nitrogens with zero attached hydrogens (tertiary/aromatic N) is 4. The number of nitrogens with one attached hydrogen (secondary N) is 2. The number of benzene rings is 2. The summed E-state index contributed by atoms with van der Waals surface area (Å²) in [6.07, 6.45) is 2.77. The van der Waals surface area contributed by atoms with Crippen molar-refractivity contribution in [3.63, 3.8) is 0 Å². The number of hydrogen-bond acceptors (Lipinski definition) is 7. The van der Waals surface area contributed by atoms with Crippen LogP contribution in [0.3, 0.4) is 0 Å². The first kappa shape index (κ1) is 33.7. The van der Waals surface area contributed by atoms with Crippen LogP contribution in [0.2, 0.25) is 0 Å². The van der Waals surface area contributed by atoms with Crippen LogP contribution in [-0.2, 0) is 4.79 Å². The van der Waals surface area contributed by atoms with Gasteiger partial charge in [0.05, 0.1) is 17.1 Å². The van der Waals surface area contributed by atoms with Crippen LogP contribution in [-0.4, -0.2) is 62.4 Å². The number of ether oxygens (including phenoxy) is 1. The summed E-state index contributed by atoms with van der Waals surface area (Å²) in [6, 6.07) is 13.8. The van der Waals surface area contributed by atoms with Gasteiger partial charge in [-0.1, -0.05) is 24.8 Å². The summed E-state index contributed by atoms with van der Waals surface area (Å²) >= 11 is 0. The number of halogens is 2. The monoisotopic (exact) mass is 606 g/mol. The second-order valence-corrected chi connectivity index (χ2v) is 10.7. The minimum atomic E-state index is -3.09. The number of amides is 1. The molecule has 0 bridgehead atoms. The quantitative estimate of drug-likeness (QED) is 0.184. The summed E-state index contributed by atoms with van der Waals surface area (Å²) in [7, 11) is 5.65. The lowest BCUT2D eigenvalue weighted by Crippen LogP contribution is -2.29. The fraction of sp³-hybridized carbons (Fsp3) is 0.303. The Balaban J connectivity index is 2.10. The van der Waals surface area contributed by atoms with E-state index in [1.807, 2.05) is 81.9 Å². The number of aryl methyl sites for hydroxylation is 1. The molecule has 0 aliphatic rings. The van der Waals surface area contributed by atoms with Gasteiger partial charge in [0.1, 0.15) is 5.82 Å². The Morgan fingerprint density at radius 3 is 2.32 bits per heavy atom. The largest absolute Gasteiger partial charge is 0.433 e. The zero-order chi connectivity index (χ0) is 32.6. The van der Waals surface area contributed by atoms with Gasteiger partial charge in [-0.15, -0.1) is 0 Å². The molecule has 3 rings (SSSR count). The first-order valence-corrected chi connectivity index (χ1v) is 14.0. The highest BCUT2D eigenvalue weighted by molar-refractivity contribution is 6.02. The third-order valence-electron chi connectivity index (χ3n) is 6.83. The first-order valence-electron chi connectivity index (χ1n) is 14.0. The summed E-state index contributed by atoms with van der Waals surface area (Å²) in [5.74, 6) is -0.210. The van der Waals surface area contributed by atoms with E-state index in [1.165, 1.54) is 12.1 Å². The molecule has 11 heteroatoms. The molecular formula is C33H40F2N6O3. The highest BCUT2D eigenvalue weighted by atomic mass is 19.3. The number of aromatic nitrogens is 1. The molecule has 3 aromatic rings. The van der Waals surface area contributed by atoms with E-state index in [9.17, 15) is 18.4 Å². The van der Waals surface area contributed by atoms with E-state index in [1.54, 1.807) is 23.9 Å². The number of carbonyl (C=O) groups is 1. The van der Waals surface area contributed by atoms with Crippen LogP contribution in [0.5, 0.6) is 5.75 Å². The van der Waals surface area contributed by atoms with Gasteiger partial charge in [0, 0.05) is 55.4 Å². The molecule has 2 aromatic carbocycles. The van der Waals surface area contributed by atoms with Crippen molar-refractivity contribution in [2.24, 2.45) is 4.99 Å². The lowest BCUT2D eigenvalue weighted by atomic mass is 10.1. The van der Waals surface area contributed by atoms with Crippen LogP contribution in [0.4, 0.5) is 25.8 Å². The average molecular weight is 607 g/mol. The van der Waals surface area contributed by atoms with E-state index in [4.69, 9.17) is 4.74 Å². The maximum absolute atomic E-state index is 13.6. The third-order valence-corrected chi connectivity index (χ3v) is 6.83. The van der Waals surface area contributed by atoms with E-state index in [0.29, 0.717) is 36.0 Å². The van der Waals surface area contributed by atoms with Crippen LogP contribution < -0.4 is 25.8 Å². The Morgan fingerprint density at radius 2 is 1.73 bits per heavy atom. The van der Waals surface area contributed by atoms with Crippen LogP contribution >= 0.6 is 0 Å². The molecule has 0 aliphatic heterocycles. The molecule has 0 saturated carbocycles. The SMILES string of the molecule is C=CC(=O)Nc1cc(NC(/N=C\c2c(C)cc(=O)n(-c3ccccc3)c2C)=C(C)C)c(OC(F)F)cc1N(C)CCN(C)C. The van der Waals surface area contributed by atoms with Crippen molar-refractivity contribution >= 4 is 29.2 Å². The van der Waals surface area contributed by atoms with Gasteiger partial charge in [-0.3, -0.25) is 14.2 Å². The van der Waals surface area contributed by atoms with E-state index in [-0.39, 0.29) is 17.0 Å². The van der Waals surface area contributed by atoms with Crippen molar-refractivity contribution in [3.8, 4) is 11.4 Å². The molecule has 1 heterocycles. The van der Waals surface area contributed by atoms with Gasteiger partial charge in [0.2, 0.25) is 5.91 Å². The highest BCUT2D eigenvalue weighted by Gasteiger charge is 2.19. The van der Waals surface area contributed by atoms with Gasteiger partial charge >= 0.3 is 6.61 Å². The predicted octanol–water partition coefficient (Wildman–Crippen LogP) is 5.96. The number of rotatable bonds is 13. The van der Waals surface area contributed by atoms with Gasteiger partial charge in [0.15, 0.2) is 5.75 Å². The normalized spacial score (nSPS) is 11.2. The minimum absolute atomic E-state index is 0.123.